The molecule has 0 bridgehead atoms. The van der Waals surface area contributed by atoms with Gasteiger partial charge < -0.3 is 4.42 Å². The van der Waals surface area contributed by atoms with Gasteiger partial charge >= 0.3 is 0 Å². The van der Waals surface area contributed by atoms with Gasteiger partial charge in [-0.15, -0.1) is 0 Å². The SMILES string of the molecule is Fc1[c]occ1Br. The zero-order valence-electron chi connectivity index (χ0n) is 3.24. The summed E-state index contributed by atoms with van der Waals surface area (Å²) < 4.78 is 16.5. The summed E-state index contributed by atoms with van der Waals surface area (Å²) >= 11 is 2.87. The average Bonchev–Trinajstić information content (AvgIpc) is 1.91. The molecule has 0 aliphatic carbocycles. The molecule has 7 heavy (non-hydrogen) atoms. The minimum atomic E-state index is -0.486. The molecule has 0 aliphatic heterocycles. The number of hydrogen-bond donors (Lipinski definition) is 0. The monoisotopic (exact) mass is 163 g/mol. The van der Waals surface area contributed by atoms with E-state index in [0.717, 1.165) is 0 Å². The molecule has 0 saturated heterocycles. The first kappa shape index (κ1) is 4.84. The van der Waals surface area contributed by atoms with E-state index in [-0.39, 0.29) is 0 Å². The molecular formula is C4HBrFO. The normalized spacial score (nSPS) is 9.43. The first-order chi connectivity index (χ1) is 3.30. The van der Waals surface area contributed by atoms with Gasteiger partial charge in [-0.2, -0.15) is 0 Å². The summed E-state index contributed by atoms with van der Waals surface area (Å²) in [5.41, 5.74) is 0. The maximum absolute atomic E-state index is 11.9. The third-order valence-corrected chi connectivity index (χ3v) is 1.06. The van der Waals surface area contributed by atoms with Crippen LogP contribution in [0.4, 0.5) is 4.39 Å². The highest BCUT2D eigenvalue weighted by atomic mass is 79.9. The van der Waals surface area contributed by atoms with Gasteiger partial charge in [0.1, 0.15) is 6.26 Å². The molecule has 1 radical (unpaired) electrons. The lowest BCUT2D eigenvalue weighted by molar-refractivity contribution is 0.522. The van der Waals surface area contributed by atoms with Crippen LogP contribution in [0.1, 0.15) is 0 Å². The Morgan fingerprint density at radius 3 is 2.71 bits per heavy atom. The van der Waals surface area contributed by atoms with E-state index in [1.165, 1.54) is 6.26 Å². The van der Waals surface area contributed by atoms with Gasteiger partial charge in [0.25, 0.3) is 0 Å². The third kappa shape index (κ3) is 0.825. The first-order valence-electron chi connectivity index (χ1n) is 1.61. The van der Waals surface area contributed by atoms with Gasteiger partial charge in [-0.3, -0.25) is 0 Å². The quantitative estimate of drug-likeness (QED) is 0.571. The van der Waals surface area contributed by atoms with Crippen LogP contribution in [0.25, 0.3) is 0 Å². The zero-order chi connectivity index (χ0) is 5.28. The minimum absolute atomic E-state index is 0.313. The lowest BCUT2D eigenvalue weighted by Crippen LogP contribution is -1.58. The average molecular weight is 164 g/mol. The fourth-order valence-electron chi connectivity index (χ4n) is 0.233. The van der Waals surface area contributed by atoms with Crippen LogP contribution in [0, 0.1) is 12.1 Å². The molecule has 0 aliphatic rings. The molecule has 0 saturated carbocycles. The first-order valence-corrected chi connectivity index (χ1v) is 2.40. The second-order valence-electron chi connectivity index (χ2n) is 1.000. The van der Waals surface area contributed by atoms with E-state index in [1.54, 1.807) is 0 Å². The summed E-state index contributed by atoms with van der Waals surface area (Å²) in [5.74, 6) is -0.486. The van der Waals surface area contributed by atoms with Crippen molar-refractivity contribution in [3.05, 3.63) is 22.8 Å². The van der Waals surface area contributed by atoms with Crippen molar-refractivity contribution in [3.63, 3.8) is 0 Å². The molecule has 0 aromatic carbocycles. The number of halogens is 2. The molecule has 0 spiro atoms. The Kier molecular flexibility index (Phi) is 1.15. The van der Waals surface area contributed by atoms with E-state index in [2.05, 4.69) is 20.3 Å². The van der Waals surface area contributed by atoms with Gasteiger partial charge in [0.2, 0.25) is 6.26 Å². The lowest BCUT2D eigenvalue weighted by Gasteiger charge is -1.68. The Bertz CT molecular complexity index is 144. The smallest absolute Gasteiger partial charge is 0.209 e. The van der Waals surface area contributed by atoms with Gasteiger partial charge in [-0.25, -0.2) is 4.39 Å². The minimum Gasteiger partial charge on any atom is -0.456 e. The molecule has 0 N–H and O–H groups in total. The van der Waals surface area contributed by atoms with E-state index >= 15 is 0 Å². The highest BCUT2D eigenvalue weighted by Gasteiger charge is 1.97. The third-order valence-electron chi connectivity index (χ3n) is 0.521. The van der Waals surface area contributed by atoms with Crippen LogP contribution >= 0.6 is 15.9 Å². The summed E-state index contributed by atoms with van der Waals surface area (Å²) in [7, 11) is 0. The molecular weight excluding hydrogens is 163 g/mol. The number of furan rings is 1. The Balaban J connectivity index is 3.12. The van der Waals surface area contributed by atoms with E-state index in [9.17, 15) is 4.39 Å². The van der Waals surface area contributed by atoms with E-state index < -0.39 is 5.82 Å². The van der Waals surface area contributed by atoms with Crippen molar-refractivity contribution in [3.8, 4) is 0 Å². The molecule has 0 atom stereocenters. The highest BCUT2D eigenvalue weighted by Crippen LogP contribution is 2.13. The second kappa shape index (κ2) is 1.66. The maximum atomic E-state index is 11.9. The van der Waals surface area contributed by atoms with E-state index in [1.807, 2.05) is 6.26 Å². The van der Waals surface area contributed by atoms with Gasteiger partial charge in [-0.1, -0.05) is 0 Å². The molecule has 1 nitrogen and oxygen atoms in total. The van der Waals surface area contributed by atoms with Crippen LogP contribution in [0.5, 0.6) is 0 Å². The molecule has 1 aromatic heterocycles. The van der Waals surface area contributed by atoms with Crippen molar-refractivity contribution in [1.29, 1.82) is 0 Å². The Hall–Kier alpha value is -0.310. The lowest BCUT2D eigenvalue weighted by atomic mass is 10.6. The van der Waals surface area contributed by atoms with Crippen molar-refractivity contribution in [2.24, 2.45) is 0 Å². The molecule has 3 heteroatoms. The predicted octanol–water partition coefficient (Wildman–Crippen LogP) is 1.98. The highest BCUT2D eigenvalue weighted by molar-refractivity contribution is 9.10. The van der Waals surface area contributed by atoms with Crippen LogP contribution in [0.2, 0.25) is 0 Å². The maximum Gasteiger partial charge on any atom is 0.209 e. The number of hydrogen-bond acceptors (Lipinski definition) is 1. The van der Waals surface area contributed by atoms with Crippen molar-refractivity contribution >= 4 is 15.9 Å². The van der Waals surface area contributed by atoms with Crippen molar-refractivity contribution in [2.45, 2.75) is 0 Å². The molecule has 37 valence electrons. The number of rotatable bonds is 0. The Morgan fingerprint density at radius 1 is 1.86 bits per heavy atom. The molecule has 1 rings (SSSR count). The standard InChI is InChI=1S/C4HBrFO/c5-3-1-7-2-4(3)6/h1H. The second-order valence-corrected chi connectivity index (χ2v) is 1.85. The summed E-state index contributed by atoms with van der Waals surface area (Å²) in [5, 5.41) is 0. The zero-order valence-corrected chi connectivity index (χ0v) is 4.83. The molecule has 0 fully saturated rings. The molecule has 1 heterocycles. The van der Waals surface area contributed by atoms with Crippen molar-refractivity contribution in [2.75, 3.05) is 0 Å². The van der Waals surface area contributed by atoms with Gasteiger partial charge in [0.05, 0.1) is 4.47 Å². The Labute approximate surface area is 48.3 Å². The van der Waals surface area contributed by atoms with Gasteiger partial charge in [0, 0.05) is 0 Å². The summed E-state index contributed by atoms with van der Waals surface area (Å²) in [6.45, 7) is 0. The van der Waals surface area contributed by atoms with Crippen LogP contribution in [-0.2, 0) is 0 Å². The van der Waals surface area contributed by atoms with E-state index in [0.29, 0.717) is 4.47 Å². The van der Waals surface area contributed by atoms with Crippen molar-refractivity contribution < 1.29 is 8.81 Å². The Morgan fingerprint density at radius 2 is 2.57 bits per heavy atom. The van der Waals surface area contributed by atoms with Crippen LogP contribution in [-0.4, -0.2) is 0 Å². The largest absolute Gasteiger partial charge is 0.456 e. The fraction of sp³-hybridized carbons (Fsp3) is 0. The summed E-state index contributed by atoms with van der Waals surface area (Å²) in [6.07, 6.45) is 3.21. The predicted molar refractivity (Wildman–Crippen MR) is 25.2 cm³/mol. The fourth-order valence-corrected chi connectivity index (χ4v) is 0.408. The topological polar surface area (TPSA) is 13.1 Å². The van der Waals surface area contributed by atoms with Gasteiger partial charge in [-0.05, 0) is 15.9 Å². The summed E-state index contributed by atoms with van der Waals surface area (Å²) in [4.78, 5) is 0. The summed E-state index contributed by atoms with van der Waals surface area (Å²) in [6, 6.07) is 0. The molecule has 0 unspecified atom stereocenters. The molecule has 1 aromatic rings. The molecule has 0 amide bonds. The van der Waals surface area contributed by atoms with Crippen LogP contribution in [0.15, 0.2) is 15.2 Å². The van der Waals surface area contributed by atoms with Crippen molar-refractivity contribution in [1.82, 2.24) is 0 Å². The van der Waals surface area contributed by atoms with Crippen LogP contribution < -0.4 is 0 Å². The van der Waals surface area contributed by atoms with Crippen LogP contribution in [0.3, 0.4) is 0 Å². The van der Waals surface area contributed by atoms with Gasteiger partial charge in [0.15, 0.2) is 5.82 Å². The van der Waals surface area contributed by atoms with E-state index in [4.69, 9.17) is 0 Å².